The van der Waals surface area contributed by atoms with Crippen LogP contribution in [0.2, 0.25) is 6.04 Å². The molecular weight excluding hydrogens is 296 g/mol. The van der Waals surface area contributed by atoms with Gasteiger partial charge in [-0.15, -0.1) is 0 Å². The van der Waals surface area contributed by atoms with Gasteiger partial charge in [-0.3, -0.25) is 4.79 Å². The Morgan fingerprint density at radius 2 is 1.50 bits per heavy atom. The molecule has 0 radical (unpaired) electrons. The molecule has 0 aliphatic heterocycles. The van der Waals surface area contributed by atoms with E-state index in [0.29, 0.717) is 19.8 Å². The highest BCUT2D eigenvalue weighted by atomic mass is 28.4. The molecule has 1 aliphatic carbocycles. The monoisotopic (exact) mass is 328 g/mol. The predicted octanol–water partition coefficient (Wildman–Crippen LogP) is 4.27. The molecule has 0 saturated carbocycles. The molecule has 0 heterocycles. The first kappa shape index (κ1) is 19.6. The minimum Gasteiger partial charge on any atom is -0.374 e. The van der Waals surface area contributed by atoms with Crippen molar-refractivity contribution in [3.8, 4) is 0 Å². The highest BCUT2D eigenvalue weighted by Gasteiger charge is 2.40. The minimum absolute atomic E-state index is 0.230. The van der Waals surface area contributed by atoms with E-state index in [9.17, 15) is 4.79 Å². The third-order valence-corrected chi connectivity index (χ3v) is 7.13. The summed E-state index contributed by atoms with van der Waals surface area (Å²) in [5.41, 5.74) is 2.35. The maximum atomic E-state index is 11.9. The van der Waals surface area contributed by atoms with Gasteiger partial charge in [0.15, 0.2) is 5.78 Å². The Kier molecular flexibility index (Phi) is 9.17. The molecule has 0 unspecified atom stereocenters. The maximum Gasteiger partial charge on any atom is 0.501 e. The van der Waals surface area contributed by atoms with Crippen LogP contribution in [0.5, 0.6) is 0 Å². The topological polar surface area (TPSA) is 44.8 Å². The second-order valence-corrected chi connectivity index (χ2v) is 8.41. The molecule has 4 nitrogen and oxygen atoms in total. The SMILES string of the molecule is CCO[Si](CCC1=C(C(C)=O)CCCCC1)(OCC)OCC. The van der Waals surface area contributed by atoms with Crippen LogP contribution in [0.15, 0.2) is 11.1 Å². The van der Waals surface area contributed by atoms with Crippen molar-refractivity contribution < 1.29 is 18.1 Å². The number of ketones is 1. The Labute approximate surface area is 136 Å². The molecule has 0 aromatic rings. The molecule has 0 bridgehead atoms. The Morgan fingerprint density at radius 3 is 2.00 bits per heavy atom. The number of hydrogen-bond donors (Lipinski definition) is 0. The quantitative estimate of drug-likeness (QED) is 0.562. The summed E-state index contributed by atoms with van der Waals surface area (Å²) in [4.78, 5) is 11.9. The molecule has 0 aromatic carbocycles. The van der Waals surface area contributed by atoms with E-state index < -0.39 is 8.80 Å². The van der Waals surface area contributed by atoms with Gasteiger partial charge in [-0.2, -0.15) is 0 Å². The number of carbonyl (C=O) groups is 1. The van der Waals surface area contributed by atoms with Crippen LogP contribution >= 0.6 is 0 Å². The lowest BCUT2D eigenvalue weighted by Crippen LogP contribution is -2.46. The lowest BCUT2D eigenvalue weighted by Gasteiger charge is -2.29. The van der Waals surface area contributed by atoms with Crippen LogP contribution in [-0.4, -0.2) is 34.4 Å². The van der Waals surface area contributed by atoms with Gasteiger partial charge in [-0.25, -0.2) is 0 Å². The first-order chi connectivity index (χ1) is 10.6. The summed E-state index contributed by atoms with van der Waals surface area (Å²) in [7, 11) is -2.61. The summed E-state index contributed by atoms with van der Waals surface area (Å²) >= 11 is 0. The first-order valence-electron chi connectivity index (χ1n) is 8.72. The first-order valence-corrected chi connectivity index (χ1v) is 10.6. The Hall–Kier alpha value is -0.493. The second-order valence-electron chi connectivity index (χ2n) is 5.68. The third kappa shape index (κ3) is 5.95. The zero-order chi connectivity index (χ0) is 16.4. The minimum atomic E-state index is -2.61. The van der Waals surface area contributed by atoms with Gasteiger partial charge in [-0.05, 0) is 65.4 Å². The average molecular weight is 329 g/mol. The normalized spacial score (nSPS) is 16.7. The van der Waals surface area contributed by atoms with E-state index in [2.05, 4.69) is 0 Å². The van der Waals surface area contributed by atoms with Gasteiger partial charge >= 0.3 is 8.80 Å². The Bertz CT molecular complexity index is 362. The van der Waals surface area contributed by atoms with Gasteiger partial charge in [-0.1, -0.05) is 12.0 Å². The molecule has 0 N–H and O–H groups in total. The lowest BCUT2D eigenvalue weighted by atomic mass is 9.98. The average Bonchev–Trinajstić information content (AvgIpc) is 2.71. The van der Waals surface area contributed by atoms with Crippen LogP contribution in [-0.2, 0) is 18.1 Å². The van der Waals surface area contributed by atoms with Gasteiger partial charge in [0.05, 0.1) is 0 Å². The molecule has 0 amide bonds. The summed E-state index contributed by atoms with van der Waals surface area (Å²) < 4.78 is 17.7. The molecule has 128 valence electrons. The van der Waals surface area contributed by atoms with Crippen LogP contribution in [0.3, 0.4) is 0 Å². The van der Waals surface area contributed by atoms with Crippen LogP contribution in [0.4, 0.5) is 0 Å². The zero-order valence-corrected chi connectivity index (χ0v) is 15.7. The summed E-state index contributed by atoms with van der Waals surface area (Å²) in [5, 5.41) is 0. The number of Topliss-reactive ketones (excluding diaryl/α,β-unsaturated/α-hetero) is 1. The standard InChI is InChI=1S/C17H32O4Si/c1-5-19-22(20-6-2,21-7-3)14-13-16-11-9-8-10-12-17(16)15(4)18/h5-14H2,1-4H3. The molecule has 5 heteroatoms. The molecule has 0 saturated heterocycles. The molecule has 0 aromatic heterocycles. The van der Waals surface area contributed by atoms with Crippen molar-refractivity contribution in [3.05, 3.63) is 11.1 Å². The van der Waals surface area contributed by atoms with Crippen molar-refractivity contribution >= 4 is 14.6 Å². The molecule has 0 spiro atoms. The fraction of sp³-hybridized carbons (Fsp3) is 0.824. The number of hydrogen-bond acceptors (Lipinski definition) is 4. The number of allylic oxidation sites excluding steroid dienone is 2. The third-order valence-electron chi connectivity index (χ3n) is 4.08. The summed E-state index contributed by atoms with van der Waals surface area (Å²) in [6.07, 6.45) is 6.34. The predicted molar refractivity (Wildman–Crippen MR) is 90.8 cm³/mol. The van der Waals surface area contributed by atoms with E-state index >= 15 is 0 Å². The van der Waals surface area contributed by atoms with Crippen LogP contribution in [0, 0.1) is 0 Å². The molecule has 22 heavy (non-hydrogen) atoms. The van der Waals surface area contributed by atoms with Crippen molar-refractivity contribution in [2.75, 3.05) is 19.8 Å². The van der Waals surface area contributed by atoms with Gasteiger partial charge in [0.2, 0.25) is 0 Å². The highest BCUT2D eigenvalue weighted by Crippen LogP contribution is 2.30. The van der Waals surface area contributed by atoms with Gasteiger partial charge in [0.25, 0.3) is 0 Å². The number of rotatable bonds is 10. The van der Waals surface area contributed by atoms with E-state index in [1.54, 1.807) is 6.92 Å². The van der Waals surface area contributed by atoms with Gasteiger partial charge in [0.1, 0.15) is 0 Å². The van der Waals surface area contributed by atoms with Crippen molar-refractivity contribution in [1.82, 2.24) is 0 Å². The summed E-state index contributed by atoms with van der Waals surface area (Å²) in [6, 6.07) is 0.772. The van der Waals surface area contributed by atoms with Crippen molar-refractivity contribution in [1.29, 1.82) is 0 Å². The van der Waals surface area contributed by atoms with E-state index in [1.165, 1.54) is 18.4 Å². The zero-order valence-electron chi connectivity index (χ0n) is 14.7. The van der Waals surface area contributed by atoms with E-state index in [4.69, 9.17) is 13.3 Å². The second kappa shape index (κ2) is 10.3. The van der Waals surface area contributed by atoms with Gasteiger partial charge < -0.3 is 13.3 Å². The lowest BCUT2D eigenvalue weighted by molar-refractivity contribution is -0.113. The highest BCUT2D eigenvalue weighted by molar-refractivity contribution is 6.60. The van der Waals surface area contributed by atoms with Crippen molar-refractivity contribution in [2.45, 2.75) is 72.3 Å². The fourth-order valence-electron chi connectivity index (χ4n) is 3.15. The Morgan fingerprint density at radius 1 is 0.955 bits per heavy atom. The van der Waals surface area contributed by atoms with E-state index in [0.717, 1.165) is 37.3 Å². The van der Waals surface area contributed by atoms with E-state index in [-0.39, 0.29) is 5.78 Å². The molecule has 0 fully saturated rings. The van der Waals surface area contributed by atoms with Crippen molar-refractivity contribution in [3.63, 3.8) is 0 Å². The van der Waals surface area contributed by atoms with Crippen LogP contribution in [0.1, 0.15) is 66.2 Å². The molecular formula is C17H32O4Si. The van der Waals surface area contributed by atoms with Crippen molar-refractivity contribution in [2.24, 2.45) is 0 Å². The Balaban J connectivity index is 2.85. The van der Waals surface area contributed by atoms with E-state index in [1.807, 2.05) is 20.8 Å². The van der Waals surface area contributed by atoms with Gasteiger partial charge in [0, 0.05) is 25.9 Å². The fourth-order valence-corrected chi connectivity index (χ4v) is 5.76. The van der Waals surface area contributed by atoms with Crippen LogP contribution < -0.4 is 0 Å². The molecule has 1 aliphatic rings. The summed E-state index contributed by atoms with van der Waals surface area (Å²) in [6.45, 7) is 9.43. The molecule has 0 atom stereocenters. The summed E-state index contributed by atoms with van der Waals surface area (Å²) in [5.74, 6) is 0.230. The maximum absolute atomic E-state index is 11.9. The van der Waals surface area contributed by atoms with Crippen LogP contribution in [0.25, 0.3) is 0 Å². The number of carbonyl (C=O) groups excluding carboxylic acids is 1. The smallest absolute Gasteiger partial charge is 0.374 e. The molecule has 1 rings (SSSR count). The largest absolute Gasteiger partial charge is 0.501 e.